The Bertz CT molecular complexity index is 578. The number of anilines is 1. The summed E-state index contributed by atoms with van der Waals surface area (Å²) in [7, 11) is 0. The number of aliphatic hydroxyl groups is 1. The first-order valence-electron chi connectivity index (χ1n) is 5.19. The molecule has 0 saturated heterocycles. The molecular weight excluding hydrogens is 218 g/mol. The van der Waals surface area contributed by atoms with Crippen LogP contribution in [-0.2, 0) is 0 Å². The number of benzene rings is 1. The molecular formula is C12H13N3O2. The molecule has 0 unspecified atom stereocenters. The third-order valence-corrected chi connectivity index (χ3v) is 2.49. The lowest BCUT2D eigenvalue weighted by Crippen LogP contribution is -2.22. The number of rotatable bonds is 2. The Morgan fingerprint density at radius 2 is 2.00 bits per heavy atom. The third kappa shape index (κ3) is 2.19. The van der Waals surface area contributed by atoms with Crippen LogP contribution in [0.25, 0.3) is 0 Å². The maximum atomic E-state index is 11.7. The van der Waals surface area contributed by atoms with Gasteiger partial charge in [0, 0.05) is 0 Å². The SMILES string of the molecule is Cc1nc(N)c([C@H](O)c2ccccc2)c(=O)[nH]1. The van der Waals surface area contributed by atoms with Gasteiger partial charge in [0.15, 0.2) is 0 Å². The van der Waals surface area contributed by atoms with Crippen LogP contribution in [0, 0.1) is 6.92 Å². The molecule has 0 radical (unpaired) electrons. The molecule has 1 atom stereocenters. The van der Waals surface area contributed by atoms with Gasteiger partial charge in [-0.15, -0.1) is 0 Å². The first-order chi connectivity index (χ1) is 8.09. The standard InChI is InChI=1S/C12H13N3O2/c1-7-14-11(13)9(12(17)15-7)10(16)8-5-3-2-4-6-8/h2-6,10,16H,1H3,(H3,13,14,15,17)/t10-/m1/s1. The second kappa shape index (κ2) is 4.39. The molecule has 5 nitrogen and oxygen atoms in total. The van der Waals surface area contributed by atoms with E-state index in [1.807, 2.05) is 6.07 Å². The number of nitrogen functional groups attached to an aromatic ring is 1. The Kier molecular flexibility index (Phi) is 2.93. The predicted octanol–water partition coefficient (Wildman–Crippen LogP) is 0.742. The summed E-state index contributed by atoms with van der Waals surface area (Å²) in [5, 5.41) is 10.1. The molecule has 0 aliphatic carbocycles. The molecule has 5 heteroatoms. The minimum Gasteiger partial charge on any atom is -0.383 e. The van der Waals surface area contributed by atoms with Crippen LogP contribution in [0.3, 0.4) is 0 Å². The van der Waals surface area contributed by atoms with Gasteiger partial charge in [-0.3, -0.25) is 4.79 Å². The quantitative estimate of drug-likeness (QED) is 0.710. The maximum absolute atomic E-state index is 11.7. The number of aliphatic hydroxyl groups excluding tert-OH is 1. The normalized spacial score (nSPS) is 12.4. The van der Waals surface area contributed by atoms with Crippen molar-refractivity contribution in [3.05, 3.63) is 57.6 Å². The Morgan fingerprint density at radius 1 is 1.35 bits per heavy atom. The van der Waals surface area contributed by atoms with E-state index in [0.717, 1.165) is 0 Å². The van der Waals surface area contributed by atoms with Crippen LogP contribution >= 0.6 is 0 Å². The molecule has 0 bridgehead atoms. The number of aromatic amines is 1. The molecule has 0 amide bonds. The lowest BCUT2D eigenvalue weighted by atomic mass is 10.0. The molecule has 1 aromatic heterocycles. The summed E-state index contributed by atoms with van der Waals surface area (Å²) in [6.07, 6.45) is -1.06. The Labute approximate surface area is 98.0 Å². The highest BCUT2D eigenvalue weighted by atomic mass is 16.3. The van der Waals surface area contributed by atoms with Crippen molar-refractivity contribution in [1.29, 1.82) is 0 Å². The third-order valence-electron chi connectivity index (χ3n) is 2.49. The fraction of sp³-hybridized carbons (Fsp3) is 0.167. The van der Waals surface area contributed by atoms with E-state index in [0.29, 0.717) is 11.4 Å². The number of nitrogens with one attached hydrogen (secondary N) is 1. The van der Waals surface area contributed by atoms with Crippen molar-refractivity contribution >= 4 is 5.82 Å². The van der Waals surface area contributed by atoms with Crippen molar-refractivity contribution in [2.24, 2.45) is 0 Å². The minimum absolute atomic E-state index is 0.0580. The van der Waals surface area contributed by atoms with Gasteiger partial charge < -0.3 is 15.8 Å². The van der Waals surface area contributed by atoms with Crippen molar-refractivity contribution in [3.8, 4) is 0 Å². The van der Waals surface area contributed by atoms with Crippen molar-refractivity contribution in [2.75, 3.05) is 5.73 Å². The van der Waals surface area contributed by atoms with Gasteiger partial charge in [-0.2, -0.15) is 0 Å². The molecule has 4 N–H and O–H groups in total. The summed E-state index contributed by atoms with van der Waals surface area (Å²) in [5.74, 6) is 0.485. The van der Waals surface area contributed by atoms with Crippen LogP contribution in [0.2, 0.25) is 0 Å². The van der Waals surface area contributed by atoms with Crippen LogP contribution in [0.4, 0.5) is 5.82 Å². The summed E-state index contributed by atoms with van der Waals surface area (Å²) >= 11 is 0. The molecule has 0 aliphatic heterocycles. The van der Waals surface area contributed by atoms with Gasteiger partial charge >= 0.3 is 0 Å². The molecule has 0 aliphatic rings. The van der Waals surface area contributed by atoms with Crippen molar-refractivity contribution < 1.29 is 5.11 Å². The highest BCUT2D eigenvalue weighted by Crippen LogP contribution is 2.21. The molecule has 0 spiro atoms. The lowest BCUT2D eigenvalue weighted by Gasteiger charge is -2.12. The molecule has 0 saturated carbocycles. The zero-order chi connectivity index (χ0) is 12.4. The average molecular weight is 231 g/mol. The monoisotopic (exact) mass is 231 g/mol. The lowest BCUT2D eigenvalue weighted by molar-refractivity contribution is 0.219. The summed E-state index contributed by atoms with van der Waals surface area (Å²) in [4.78, 5) is 18.2. The zero-order valence-electron chi connectivity index (χ0n) is 9.34. The van der Waals surface area contributed by atoms with E-state index in [9.17, 15) is 9.90 Å². The Morgan fingerprint density at radius 3 is 2.59 bits per heavy atom. The summed E-state index contributed by atoms with van der Waals surface area (Å²) in [6.45, 7) is 1.64. The first kappa shape index (κ1) is 11.3. The van der Waals surface area contributed by atoms with Crippen molar-refractivity contribution in [2.45, 2.75) is 13.0 Å². The van der Waals surface area contributed by atoms with Gasteiger partial charge in [-0.25, -0.2) is 4.98 Å². The summed E-state index contributed by atoms with van der Waals surface area (Å²) in [5.41, 5.74) is 5.95. The molecule has 2 rings (SSSR count). The topological polar surface area (TPSA) is 92.0 Å². The molecule has 1 aromatic carbocycles. The predicted molar refractivity (Wildman–Crippen MR) is 64.5 cm³/mol. The molecule has 0 fully saturated rings. The average Bonchev–Trinajstić information content (AvgIpc) is 2.28. The van der Waals surface area contributed by atoms with E-state index in [4.69, 9.17) is 5.73 Å². The fourth-order valence-electron chi connectivity index (χ4n) is 1.68. The fourth-order valence-corrected chi connectivity index (χ4v) is 1.68. The smallest absolute Gasteiger partial charge is 0.259 e. The van der Waals surface area contributed by atoms with Crippen LogP contribution in [0.5, 0.6) is 0 Å². The minimum atomic E-state index is -1.06. The van der Waals surface area contributed by atoms with E-state index in [1.165, 1.54) is 0 Å². The van der Waals surface area contributed by atoms with Gasteiger partial charge in [-0.05, 0) is 12.5 Å². The van der Waals surface area contributed by atoms with E-state index in [1.54, 1.807) is 31.2 Å². The van der Waals surface area contributed by atoms with Gasteiger partial charge in [0.25, 0.3) is 5.56 Å². The number of hydrogen-bond donors (Lipinski definition) is 3. The highest BCUT2D eigenvalue weighted by Gasteiger charge is 2.18. The zero-order valence-corrected chi connectivity index (χ0v) is 9.34. The van der Waals surface area contributed by atoms with Gasteiger partial charge in [0.05, 0.1) is 5.56 Å². The Hall–Kier alpha value is -2.14. The number of nitrogens with two attached hydrogens (primary N) is 1. The van der Waals surface area contributed by atoms with Crippen LogP contribution in [0.15, 0.2) is 35.1 Å². The van der Waals surface area contributed by atoms with E-state index in [-0.39, 0.29) is 11.4 Å². The van der Waals surface area contributed by atoms with Gasteiger partial charge in [-0.1, -0.05) is 30.3 Å². The molecule has 2 aromatic rings. The van der Waals surface area contributed by atoms with Gasteiger partial charge in [0.1, 0.15) is 17.7 Å². The highest BCUT2D eigenvalue weighted by molar-refractivity contribution is 5.43. The van der Waals surface area contributed by atoms with Crippen molar-refractivity contribution in [1.82, 2.24) is 9.97 Å². The Balaban J connectivity index is 2.52. The maximum Gasteiger partial charge on any atom is 0.259 e. The van der Waals surface area contributed by atoms with Crippen LogP contribution in [0.1, 0.15) is 23.1 Å². The molecule has 17 heavy (non-hydrogen) atoms. The largest absolute Gasteiger partial charge is 0.383 e. The van der Waals surface area contributed by atoms with E-state index >= 15 is 0 Å². The second-order valence-electron chi connectivity index (χ2n) is 3.76. The summed E-state index contributed by atoms with van der Waals surface area (Å²) in [6, 6.07) is 8.85. The summed E-state index contributed by atoms with van der Waals surface area (Å²) < 4.78 is 0. The second-order valence-corrected chi connectivity index (χ2v) is 3.76. The van der Waals surface area contributed by atoms with E-state index < -0.39 is 11.7 Å². The van der Waals surface area contributed by atoms with Crippen LogP contribution < -0.4 is 11.3 Å². The molecule has 88 valence electrons. The van der Waals surface area contributed by atoms with Gasteiger partial charge in [0.2, 0.25) is 0 Å². The first-order valence-corrected chi connectivity index (χ1v) is 5.19. The number of nitrogens with zero attached hydrogens (tertiary/aromatic N) is 1. The number of aryl methyl sites for hydroxylation is 1. The van der Waals surface area contributed by atoms with Crippen LogP contribution in [-0.4, -0.2) is 15.1 Å². The molecule has 1 heterocycles. The van der Waals surface area contributed by atoms with E-state index in [2.05, 4.69) is 9.97 Å². The number of H-pyrrole nitrogens is 1. The number of aromatic nitrogens is 2. The van der Waals surface area contributed by atoms with Crippen molar-refractivity contribution in [3.63, 3.8) is 0 Å². The number of hydrogen-bond acceptors (Lipinski definition) is 4.